The zero-order valence-corrected chi connectivity index (χ0v) is 40.7. The van der Waals surface area contributed by atoms with Gasteiger partial charge in [0, 0.05) is 19.3 Å². The lowest BCUT2D eigenvalue weighted by Crippen LogP contribution is -2.50. The Morgan fingerprint density at radius 1 is 0.433 bits per heavy atom. The second-order valence-electron chi connectivity index (χ2n) is 19.1. The van der Waals surface area contributed by atoms with Crippen LogP contribution in [0.4, 0.5) is 0 Å². The first-order valence-corrected chi connectivity index (χ1v) is 26.1. The molecule has 0 saturated heterocycles. The maximum absolute atomic E-state index is 12.8. The molecule has 2 atom stereocenters. The van der Waals surface area contributed by atoms with E-state index in [1.54, 1.807) is 0 Å². The third kappa shape index (κ3) is 41.7. The number of quaternary nitrogens is 1. The fourth-order valence-corrected chi connectivity index (χ4v) is 8.21. The van der Waals surface area contributed by atoms with Crippen LogP contribution in [0, 0.1) is 0 Å². The number of esters is 2. The first-order chi connectivity index (χ1) is 29.1. The molecule has 8 heteroatoms. The molecule has 2 unspecified atom stereocenters. The SMILES string of the molecule is CCCCCCCCCCCCCCCCCCCCCCCCCCC(=O)OC(COCCC(C(=O)O)[N+](C)(C)C)COC(=O)CCCCCCCCCCCCCC. The number of carboxylic acid groups (broad SMARTS) is 1. The summed E-state index contributed by atoms with van der Waals surface area (Å²) in [7, 11) is 5.55. The molecule has 0 spiro atoms. The number of likely N-dealkylation sites (N-methyl/N-ethyl adjacent to an activating group) is 1. The summed E-state index contributed by atoms with van der Waals surface area (Å²) in [6, 6.07) is -0.608. The van der Waals surface area contributed by atoms with Gasteiger partial charge in [0.25, 0.3) is 0 Å². The Hall–Kier alpha value is -1.67. The summed E-state index contributed by atoms with van der Waals surface area (Å²) in [5.74, 6) is -1.44. The van der Waals surface area contributed by atoms with Crippen molar-refractivity contribution in [2.75, 3.05) is 41.0 Å². The van der Waals surface area contributed by atoms with Gasteiger partial charge in [0.05, 0.1) is 34.4 Å². The van der Waals surface area contributed by atoms with Gasteiger partial charge in [-0.2, -0.15) is 0 Å². The number of aliphatic carboxylic acids is 1. The Kier molecular flexibility index (Phi) is 42.7. The number of unbranched alkanes of at least 4 members (excludes halogenated alkanes) is 34. The van der Waals surface area contributed by atoms with Gasteiger partial charge in [-0.25, -0.2) is 4.79 Å². The Morgan fingerprint density at radius 2 is 0.733 bits per heavy atom. The van der Waals surface area contributed by atoms with E-state index in [1.165, 1.54) is 193 Å². The Morgan fingerprint density at radius 3 is 1.03 bits per heavy atom. The zero-order valence-electron chi connectivity index (χ0n) is 40.7. The molecule has 0 saturated carbocycles. The van der Waals surface area contributed by atoms with E-state index < -0.39 is 18.1 Å². The van der Waals surface area contributed by atoms with E-state index in [-0.39, 0.29) is 36.2 Å². The van der Waals surface area contributed by atoms with Gasteiger partial charge in [-0.3, -0.25) is 9.59 Å². The van der Waals surface area contributed by atoms with Gasteiger partial charge in [-0.15, -0.1) is 0 Å². The van der Waals surface area contributed by atoms with Gasteiger partial charge < -0.3 is 23.8 Å². The molecule has 0 aliphatic carbocycles. The number of rotatable bonds is 48. The molecular weight excluding hydrogens is 751 g/mol. The number of ether oxygens (including phenoxy) is 3. The topological polar surface area (TPSA) is 99.1 Å². The molecule has 356 valence electrons. The van der Waals surface area contributed by atoms with Gasteiger partial charge in [0.2, 0.25) is 0 Å². The van der Waals surface area contributed by atoms with E-state index in [4.69, 9.17) is 14.2 Å². The van der Waals surface area contributed by atoms with Crippen LogP contribution in [-0.4, -0.2) is 80.6 Å². The minimum absolute atomic E-state index is 0.0417. The predicted octanol–water partition coefficient (Wildman–Crippen LogP) is 14.9. The molecule has 0 heterocycles. The Labute approximate surface area is 372 Å². The molecule has 0 aliphatic heterocycles. The molecule has 0 radical (unpaired) electrons. The highest BCUT2D eigenvalue weighted by Crippen LogP contribution is 2.17. The summed E-state index contributed by atoms with van der Waals surface area (Å²) < 4.78 is 17.4. The summed E-state index contributed by atoms with van der Waals surface area (Å²) in [6.07, 6.45) is 47.3. The van der Waals surface area contributed by atoms with Crippen molar-refractivity contribution in [2.45, 2.75) is 276 Å². The minimum Gasteiger partial charge on any atom is -0.477 e. The number of hydrogen-bond donors (Lipinski definition) is 1. The van der Waals surface area contributed by atoms with Gasteiger partial charge in [0.1, 0.15) is 6.61 Å². The summed E-state index contributed by atoms with van der Waals surface area (Å²) in [4.78, 5) is 37.1. The zero-order chi connectivity index (χ0) is 44.2. The molecule has 0 rings (SSSR count). The molecule has 0 aromatic heterocycles. The highest BCUT2D eigenvalue weighted by atomic mass is 16.6. The second kappa shape index (κ2) is 44.0. The smallest absolute Gasteiger partial charge is 0.362 e. The van der Waals surface area contributed by atoms with Crippen LogP contribution in [0.2, 0.25) is 0 Å². The maximum atomic E-state index is 12.8. The summed E-state index contributed by atoms with van der Waals surface area (Å²) in [5, 5.41) is 9.64. The standard InChI is InChI=1S/C52H101NO7/c1-6-8-10-12-14-16-18-20-21-22-23-24-25-26-27-28-29-30-31-33-35-37-39-41-43-51(55)60-48(46-58-45-44-49(52(56)57)53(3,4)5)47-59-50(54)42-40-38-36-34-32-19-17-15-13-11-9-7-2/h48-49H,6-47H2,1-5H3/p+1. The van der Waals surface area contributed by atoms with Crippen molar-refractivity contribution >= 4 is 17.9 Å². The fraction of sp³-hybridized carbons (Fsp3) is 0.942. The van der Waals surface area contributed by atoms with Crippen LogP contribution in [-0.2, 0) is 28.6 Å². The van der Waals surface area contributed by atoms with E-state index in [9.17, 15) is 19.5 Å². The van der Waals surface area contributed by atoms with Crippen molar-refractivity contribution in [2.24, 2.45) is 0 Å². The average Bonchev–Trinajstić information content (AvgIpc) is 3.21. The molecule has 8 nitrogen and oxygen atoms in total. The average molecular weight is 853 g/mol. The van der Waals surface area contributed by atoms with Crippen molar-refractivity contribution in [3.63, 3.8) is 0 Å². The van der Waals surface area contributed by atoms with Gasteiger partial charge >= 0.3 is 17.9 Å². The highest BCUT2D eigenvalue weighted by Gasteiger charge is 2.31. The van der Waals surface area contributed by atoms with Crippen LogP contribution in [0.1, 0.15) is 264 Å². The number of carboxylic acids is 1. The third-order valence-electron chi connectivity index (χ3n) is 12.3. The largest absolute Gasteiger partial charge is 0.477 e. The molecule has 60 heavy (non-hydrogen) atoms. The number of carbonyl (C=O) groups is 3. The number of nitrogens with zero attached hydrogens (tertiary/aromatic N) is 1. The van der Waals surface area contributed by atoms with Gasteiger partial charge in [-0.1, -0.05) is 232 Å². The van der Waals surface area contributed by atoms with Crippen molar-refractivity contribution in [1.82, 2.24) is 0 Å². The van der Waals surface area contributed by atoms with Crippen molar-refractivity contribution in [3.05, 3.63) is 0 Å². The van der Waals surface area contributed by atoms with E-state index >= 15 is 0 Å². The summed E-state index contributed by atoms with van der Waals surface area (Å²) in [6.45, 7) is 4.79. The summed E-state index contributed by atoms with van der Waals surface area (Å²) >= 11 is 0. The Balaban J connectivity index is 4.10. The molecule has 0 aromatic carbocycles. The molecule has 0 bridgehead atoms. The Bertz CT molecular complexity index is 951. The molecule has 0 aromatic rings. The normalized spacial score (nSPS) is 12.8. The second-order valence-corrected chi connectivity index (χ2v) is 19.1. The monoisotopic (exact) mass is 853 g/mol. The number of carbonyl (C=O) groups excluding carboxylic acids is 2. The van der Waals surface area contributed by atoms with E-state index in [0.29, 0.717) is 19.3 Å². The summed E-state index contributed by atoms with van der Waals surface area (Å²) in [5.41, 5.74) is 0. The lowest BCUT2D eigenvalue weighted by molar-refractivity contribution is -0.887. The van der Waals surface area contributed by atoms with Crippen LogP contribution in [0.25, 0.3) is 0 Å². The van der Waals surface area contributed by atoms with E-state index in [2.05, 4.69) is 13.8 Å². The first kappa shape index (κ1) is 58.3. The minimum atomic E-state index is -0.869. The molecule has 0 amide bonds. The van der Waals surface area contributed by atoms with Crippen molar-refractivity contribution < 1.29 is 38.2 Å². The fourth-order valence-electron chi connectivity index (χ4n) is 8.21. The van der Waals surface area contributed by atoms with Gasteiger partial charge in [0.15, 0.2) is 12.1 Å². The van der Waals surface area contributed by atoms with Crippen LogP contribution in [0.5, 0.6) is 0 Å². The van der Waals surface area contributed by atoms with Crippen LogP contribution in [0.3, 0.4) is 0 Å². The molecular formula is C52H102NO7+. The van der Waals surface area contributed by atoms with Crippen LogP contribution < -0.4 is 0 Å². The molecule has 0 fully saturated rings. The van der Waals surface area contributed by atoms with E-state index in [0.717, 1.165) is 38.5 Å². The van der Waals surface area contributed by atoms with Crippen LogP contribution in [0.15, 0.2) is 0 Å². The maximum Gasteiger partial charge on any atom is 0.362 e. The van der Waals surface area contributed by atoms with Crippen molar-refractivity contribution in [3.8, 4) is 0 Å². The lowest BCUT2D eigenvalue weighted by atomic mass is 10.0. The number of hydrogen-bond acceptors (Lipinski definition) is 6. The lowest BCUT2D eigenvalue weighted by Gasteiger charge is -2.31. The highest BCUT2D eigenvalue weighted by molar-refractivity contribution is 5.72. The molecule has 0 aliphatic rings. The van der Waals surface area contributed by atoms with E-state index in [1.807, 2.05) is 21.1 Å². The predicted molar refractivity (Wildman–Crippen MR) is 253 cm³/mol. The van der Waals surface area contributed by atoms with Crippen molar-refractivity contribution in [1.29, 1.82) is 0 Å². The van der Waals surface area contributed by atoms with Gasteiger partial charge in [-0.05, 0) is 12.8 Å². The molecule has 1 N–H and O–H groups in total. The van der Waals surface area contributed by atoms with Crippen LogP contribution >= 0.6 is 0 Å². The third-order valence-corrected chi connectivity index (χ3v) is 12.3. The first-order valence-electron chi connectivity index (χ1n) is 26.1. The quantitative estimate of drug-likeness (QED) is 0.0370.